The normalized spacial score (nSPS) is 12.7. The van der Waals surface area contributed by atoms with E-state index in [-0.39, 0.29) is 11.8 Å². The van der Waals surface area contributed by atoms with Gasteiger partial charge in [0.25, 0.3) is 11.8 Å². The van der Waals surface area contributed by atoms with Crippen molar-refractivity contribution in [3.05, 3.63) is 70.8 Å². The highest BCUT2D eigenvalue weighted by Gasteiger charge is 2.29. The quantitative estimate of drug-likeness (QED) is 0.654. The van der Waals surface area contributed by atoms with Crippen LogP contribution in [-0.2, 0) is 20.9 Å². The number of carbonyl (C=O) groups excluding carboxylic acids is 3. The maximum absolute atomic E-state index is 12.6. The molecule has 0 spiro atoms. The molecule has 0 heterocycles. The number of ether oxygens (including phenoxy) is 1. The third kappa shape index (κ3) is 6.44. The predicted molar refractivity (Wildman–Crippen MR) is 116 cm³/mol. The van der Waals surface area contributed by atoms with Crippen molar-refractivity contribution in [3.8, 4) is 0 Å². The average Bonchev–Trinajstić information content (AvgIpc) is 2.71. The van der Waals surface area contributed by atoms with Gasteiger partial charge in [0.15, 0.2) is 6.10 Å². The zero-order valence-electron chi connectivity index (χ0n) is 18.2. The number of hydrogen-bond donors (Lipinski definition) is 2. The van der Waals surface area contributed by atoms with E-state index < -0.39 is 24.0 Å². The second-order valence-electron chi connectivity index (χ2n) is 7.79. The van der Waals surface area contributed by atoms with Gasteiger partial charge in [-0.25, -0.2) is 4.79 Å². The van der Waals surface area contributed by atoms with Gasteiger partial charge < -0.3 is 15.4 Å². The summed E-state index contributed by atoms with van der Waals surface area (Å²) in [6.07, 6.45) is -0.973. The van der Waals surface area contributed by atoms with E-state index in [1.54, 1.807) is 12.1 Å². The molecule has 0 bridgehead atoms. The maximum atomic E-state index is 12.6. The van der Waals surface area contributed by atoms with Gasteiger partial charge in [-0.2, -0.15) is 0 Å². The molecule has 0 radical (unpaired) electrons. The van der Waals surface area contributed by atoms with Crippen molar-refractivity contribution in [2.45, 2.75) is 53.3 Å². The molecule has 2 aromatic rings. The van der Waals surface area contributed by atoms with E-state index in [1.165, 1.54) is 6.92 Å². The summed E-state index contributed by atoms with van der Waals surface area (Å²) in [5.41, 5.74) is 3.41. The molecule has 2 aromatic carbocycles. The van der Waals surface area contributed by atoms with Gasteiger partial charge in [0.1, 0.15) is 6.04 Å². The molecular weight excluding hydrogens is 380 g/mol. The van der Waals surface area contributed by atoms with Gasteiger partial charge in [0.2, 0.25) is 0 Å². The minimum atomic E-state index is -0.973. The molecule has 0 aliphatic rings. The van der Waals surface area contributed by atoms with Crippen LogP contribution in [0.1, 0.15) is 47.8 Å². The van der Waals surface area contributed by atoms with Gasteiger partial charge in [-0.3, -0.25) is 9.59 Å². The van der Waals surface area contributed by atoms with Crippen LogP contribution in [0.15, 0.2) is 48.5 Å². The van der Waals surface area contributed by atoms with Crippen molar-refractivity contribution in [1.29, 1.82) is 0 Å². The van der Waals surface area contributed by atoms with E-state index >= 15 is 0 Å². The van der Waals surface area contributed by atoms with E-state index in [2.05, 4.69) is 10.6 Å². The van der Waals surface area contributed by atoms with Crippen LogP contribution in [-0.4, -0.2) is 29.9 Å². The monoisotopic (exact) mass is 410 g/mol. The second-order valence-corrected chi connectivity index (χ2v) is 7.79. The largest absolute Gasteiger partial charge is 0.451 e. The molecule has 6 heteroatoms. The molecule has 2 amide bonds. The number of hydrogen-bond acceptors (Lipinski definition) is 4. The Morgan fingerprint density at radius 3 is 2.17 bits per heavy atom. The van der Waals surface area contributed by atoms with E-state index in [0.717, 1.165) is 16.7 Å². The van der Waals surface area contributed by atoms with Crippen LogP contribution in [0.25, 0.3) is 0 Å². The van der Waals surface area contributed by atoms with E-state index in [1.807, 2.05) is 64.1 Å². The highest BCUT2D eigenvalue weighted by molar-refractivity contribution is 5.98. The third-order valence-corrected chi connectivity index (χ3v) is 4.85. The Balaban J connectivity index is 1.94. The van der Waals surface area contributed by atoms with Gasteiger partial charge in [-0.1, -0.05) is 61.9 Å². The molecule has 0 saturated carbocycles. The van der Waals surface area contributed by atoms with Gasteiger partial charge in [-0.05, 0) is 43.9 Å². The first-order valence-electron chi connectivity index (χ1n) is 10.1. The molecular formula is C24H30N2O4. The molecule has 0 aliphatic carbocycles. The minimum Gasteiger partial charge on any atom is -0.451 e. The topological polar surface area (TPSA) is 84.5 Å². The van der Waals surface area contributed by atoms with Gasteiger partial charge >= 0.3 is 5.97 Å². The molecule has 2 rings (SSSR count). The molecule has 0 aromatic heterocycles. The number of carbonyl (C=O) groups is 3. The molecule has 30 heavy (non-hydrogen) atoms. The number of nitrogens with one attached hydrogen (secondary N) is 2. The van der Waals surface area contributed by atoms with Gasteiger partial charge in [0.05, 0.1) is 0 Å². The summed E-state index contributed by atoms with van der Waals surface area (Å²) in [4.78, 5) is 37.6. The van der Waals surface area contributed by atoms with Crippen molar-refractivity contribution in [3.63, 3.8) is 0 Å². The first-order chi connectivity index (χ1) is 14.2. The average molecular weight is 411 g/mol. The van der Waals surface area contributed by atoms with E-state index in [9.17, 15) is 14.4 Å². The first kappa shape index (κ1) is 23.1. The highest BCUT2D eigenvalue weighted by atomic mass is 16.5. The summed E-state index contributed by atoms with van der Waals surface area (Å²) in [6.45, 7) is 9.31. The number of benzene rings is 2. The Kier molecular flexibility index (Phi) is 8.16. The summed E-state index contributed by atoms with van der Waals surface area (Å²) < 4.78 is 5.34. The van der Waals surface area contributed by atoms with Gasteiger partial charge in [0, 0.05) is 12.1 Å². The predicted octanol–water partition coefficient (Wildman–Crippen LogP) is 3.31. The lowest BCUT2D eigenvalue weighted by Crippen LogP contribution is -2.47. The molecule has 0 aliphatic heterocycles. The third-order valence-electron chi connectivity index (χ3n) is 4.85. The van der Waals surface area contributed by atoms with Crippen molar-refractivity contribution < 1.29 is 19.1 Å². The van der Waals surface area contributed by atoms with Crippen molar-refractivity contribution in [2.24, 2.45) is 5.92 Å². The van der Waals surface area contributed by atoms with Crippen LogP contribution in [0.5, 0.6) is 0 Å². The SMILES string of the molecule is Cc1ccc(CNC(=O)[C@H](C)OC(=O)[C@@H](NC(=O)c2ccccc2C)C(C)C)cc1. The number of aryl methyl sites for hydroxylation is 2. The smallest absolute Gasteiger partial charge is 0.329 e. The van der Waals surface area contributed by atoms with E-state index in [4.69, 9.17) is 4.74 Å². The standard InChI is InChI=1S/C24H30N2O4/c1-15(2)21(26-23(28)20-9-7-6-8-17(20)4)24(29)30-18(5)22(27)25-14-19-12-10-16(3)11-13-19/h6-13,15,18,21H,14H2,1-5H3,(H,25,27)(H,26,28)/t18-,21-/m0/s1. The fraction of sp³-hybridized carbons (Fsp3) is 0.375. The van der Waals surface area contributed by atoms with Crippen LogP contribution in [0, 0.1) is 19.8 Å². The van der Waals surface area contributed by atoms with Crippen LogP contribution in [0.2, 0.25) is 0 Å². The van der Waals surface area contributed by atoms with Crippen molar-refractivity contribution >= 4 is 17.8 Å². The minimum absolute atomic E-state index is 0.201. The molecule has 0 saturated heterocycles. The number of amides is 2. The zero-order chi connectivity index (χ0) is 22.3. The first-order valence-corrected chi connectivity index (χ1v) is 10.1. The maximum Gasteiger partial charge on any atom is 0.329 e. The van der Waals surface area contributed by atoms with Crippen LogP contribution in [0.4, 0.5) is 0 Å². The summed E-state index contributed by atoms with van der Waals surface area (Å²) in [7, 11) is 0. The number of rotatable bonds is 8. The Hall–Kier alpha value is -3.15. The van der Waals surface area contributed by atoms with Crippen molar-refractivity contribution in [2.75, 3.05) is 0 Å². The Labute approximate surface area is 178 Å². The fourth-order valence-corrected chi connectivity index (χ4v) is 2.88. The zero-order valence-corrected chi connectivity index (χ0v) is 18.2. The van der Waals surface area contributed by atoms with Crippen LogP contribution in [0.3, 0.4) is 0 Å². The summed E-state index contributed by atoms with van der Waals surface area (Å²) in [5.74, 6) is -1.57. The molecule has 2 atom stereocenters. The summed E-state index contributed by atoms with van der Waals surface area (Å²) in [6, 6.07) is 14.1. The lowest BCUT2D eigenvalue weighted by molar-refractivity contribution is -0.157. The summed E-state index contributed by atoms with van der Waals surface area (Å²) >= 11 is 0. The fourth-order valence-electron chi connectivity index (χ4n) is 2.88. The van der Waals surface area contributed by atoms with Gasteiger partial charge in [-0.15, -0.1) is 0 Å². The lowest BCUT2D eigenvalue weighted by atomic mass is 10.0. The van der Waals surface area contributed by atoms with Crippen molar-refractivity contribution in [1.82, 2.24) is 10.6 Å². The van der Waals surface area contributed by atoms with Crippen LogP contribution < -0.4 is 10.6 Å². The van der Waals surface area contributed by atoms with E-state index in [0.29, 0.717) is 12.1 Å². The Morgan fingerprint density at radius 2 is 1.57 bits per heavy atom. The molecule has 2 N–H and O–H groups in total. The second kappa shape index (κ2) is 10.6. The Bertz CT molecular complexity index is 890. The molecule has 6 nitrogen and oxygen atoms in total. The van der Waals surface area contributed by atoms with Crippen LogP contribution >= 0.6 is 0 Å². The number of esters is 1. The summed E-state index contributed by atoms with van der Waals surface area (Å²) in [5, 5.41) is 5.50. The lowest BCUT2D eigenvalue weighted by Gasteiger charge is -2.23. The Morgan fingerprint density at radius 1 is 0.933 bits per heavy atom. The highest BCUT2D eigenvalue weighted by Crippen LogP contribution is 2.11. The molecule has 0 unspecified atom stereocenters. The molecule has 160 valence electrons. The molecule has 0 fully saturated rings.